The van der Waals surface area contributed by atoms with E-state index < -0.39 is 0 Å². The molecular formula is C86H50N6O2S2. The Balaban J connectivity index is 0.000000132. The summed E-state index contributed by atoms with van der Waals surface area (Å²) < 4.78 is 22.5. The van der Waals surface area contributed by atoms with E-state index in [2.05, 4.69) is 240 Å². The highest BCUT2D eigenvalue weighted by Crippen LogP contribution is 2.47. The van der Waals surface area contributed by atoms with Crippen molar-refractivity contribution in [3.05, 3.63) is 303 Å². The predicted molar refractivity (Wildman–Crippen MR) is 400 cm³/mol. The van der Waals surface area contributed by atoms with Gasteiger partial charge in [-0.25, -0.2) is 19.9 Å². The molecule has 0 fully saturated rings. The Labute approximate surface area is 556 Å². The summed E-state index contributed by atoms with van der Waals surface area (Å²) in [5.41, 5.74) is 19.5. The van der Waals surface area contributed by atoms with Gasteiger partial charge < -0.3 is 18.0 Å². The molecule has 0 saturated carbocycles. The summed E-state index contributed by atoms with van der Waals surface area (Å²) in [6, 6.07) is 107. The zero-order valence-electron chi connectivity index (χ0n) is 51.2. The van der Waals surface area contributed by atoms with Crippen LogP contribution >= 0.6 is 22.7 Å². The van der Waals surface area contributed by atoms with Crippen LogP contribution in [0.3, 0.4) is 0 Å². The fourth-order valence-corrected chi connectivity index (χ4v) is 16.9. The van der Waals surface area contributed by atoms with Gasteiger partial charge in [0.05, 0.1) is 22.1 Å². The van der Waals surface area contributed by atoms with Gasteiger partial charge in [-0.2, -0.15) is 0 Å². The molecule has 21 rings (SSSR count). The maximum absolute atomic E-state index is 6.42. The van der Waals surface area contributed by atoms with Crippen LogP contribution in [0.4, 0.5) is 0 Å². The average Bonchev–Trinajstić information content (AvgIpc) is 1.57. The van der Waals surface area contributed by atoms with Gasteiger partial charge in [0.15, 0.2) is 22.8 Å². The highest BCUT2D eigenvalue weighted by atomic mass is 32.1. The van der Waals surface area contributed by atoms with E-state index in [0.717, 1.165) is 83.6 Å². The number of thiophene rings is 2. The molecule has 13 aromatic carbocycles. The Morgan fingerprint density at radius 2 is 0.625 bits per heavy atom. The van der Waals surface area contributed by atoms with E-state index >= 15 is 0 Å². The summed E-state index contributed by atoms with van der Waals surface area (Å²) >= 11 is 3.65. The van der Waals surface area contributed by atoms with Crippen LogP contribution in [0.1, 0.15) is 0 Å². The maximum atomic E-state index is 6.42. The first-order valence-corrected chi connectivity index (χ1v) is 33.7. The van der Waals surface area contributed by atoms with Crippen LogP contribution in [0.5, 0.6) is 0 Å². The first-order chi connectivity index (χ1) is 47.6. The maximum Gasteiger partial charge on any atom is 0.180 e. The molecule has 448 valence electrons. The van der Waals surface area contributed by atoms with E-state index in [-0.39, 0.29) is 0 Å². The Kier molecular flexibility index (Phi) is 12.2. The monoisotopic (exact) mass is 1260 g/mol. The number of rotatable bonds is 7. The van der Waals surface area contributed by atoms with Crippen LogP contribution in [0.2, 0.25) is 0 Å². The molecule has 8 aromatic heterocycles. The smallest absolute Gasteiger partial charge is 0.180 e. The van der Waals surface area contributed by atoms with Crippen molar-refractivity contribution in [2.45, 2.75) is 0 Å². The Morgan fingerprint density at radius 1 is 0.260 bits per heavy atom. The molecule has 0 radical (unpaired) electrons. The quantitative estimate of drug-likeness (QED) is 0.158. The number of hydrogen-bond donors (Lipinski definition) is 0. The molecule has 0 N–H and O–H groups in total. The van der Waals surface area contributed by atoms with Crippen molar-refractivity contribution in [1.82, 2.24) is 29.1 Å². The van der Waals surface area contributed by atoms with Crippen molar-refractivity contribution >= 4 is 151 Å². The number of aromatic nitrogens is 6. The minimum Gasteiger partial charge on any atom is -0.452 e. The fraction of sp³-hybridized carbons (Fsp3) is 0. The predicted octanol–water partition coefficient (Wildman–Crippen LogP) is 24.0. The van der Waals surface area contributed by atoms with Gasteiger partial charge in [0.2, 0.25) is 0 Å². The van der Waals surface area contributed by atoms with Crippen LogP contribution < -0.4 is 0 Å². The van der Waals surface area contributed by atoms with Crippen molar-refractivity contribution in [2.24, 2.45) is 0 Å². The molecule has 0 unspecified atom stereocenters. The first-order valence-electron chi connectivity index (χ1n) is 32.1. The van der Waals surface area contributed by atoms with Gasteiger partial charge in [-0.15, -0.1) is 22.7 Å². The van der Waals surface area contributed by atoms with E-state index in [4.69, 9.17) is 28.8 Å². The Morgan fingerprint density at radius 3 is 1.11 bits per heavy atom. The Hall–Kier alpha value is -12.3. The fourth-order valence-electron chi connectivity index (χ4n) is 14.5. The summed E-state index contributed by atoms with van der Waals surface area (Å²) in [6.45, 7) is 0. The normalized spacial score (nSPS) is 12.0. The lowest BCUT2D eigenvalue weighted by Gasteiger charge is -2.13. The molecule has 10 heteroatoms. The van der Waals surface area contributed by atoms with Gasteiger partial charge in [0.25, 0.3) is 0 Å². The molecule has 0 aliphatic heterocycles. The van der Waals surface area contributed by atoms with E-state index in [1.54, 1.807) is 11.3 Å². The number of fused-ring (bicyclic) bond motifs is 18. The van der Waals surface area contributed by atoms with Crippen LogP contribution in [-0.4, -0.2) is 29.1 Å². The summed E-state index contributed by atoms with van der Waals surface area (Å²) in [6.07, 6.45) is 0. The van der Waals surface area contributed by atoms with Crippen molar-refractivity contribution in [3.63, 3.8) is 0 Å². The minimum absolute atomic E-state index is 0.667. The molecule has 0 saturated heterocycles. The van der Waals surface area contributed by atoms with Crippen LogP contribution in [-0.2, 0) is 0 Å². The third-order valence-electron chi connectivity index (χ3n) is 18.8. The van der Waals surface area contributed by atoms with Crippen molar-refractivity contribution < 1.29 is 8.83 Å². The van der Waals surface area contributed by atoms with Crippen molar-refractivity contribution in [1.29, 1.82) is 0 Å². The zero-order valence-corrected chi connectivity index (χ0v) is 52.8. The number of hydrogen-bond acceptors (Lipinski definition) is 8. The largest absolute Gasteiger partial charge is 0.452 e. The number of para-hydroxylation sites is 6. The molecule has 0 atom stereocenters. The molecule has 0 aliphatic carbocycles. The second-order valence-electron chi connectivity index (χ2n) is 24.3. The molecule has 96 heavy (non-hydrogen) atoms. The number of nitrogens with zero attached hydrogens (tertiary/aromatic N) is 6. The highest BCUT2D eigenvalue weighted by molar-refractivity contribution is 7.26. The van der Waals surface area contributed by atoms with E-state index in [1.165, 1.54) is 89.5 Å². The molecular weight excluding hydrogens is 1210 g/mol. The Bertz CT molecular complexity index is 6630. The van der Waals surface area contributed by atoms with Crippen molar-refractivity contribution in [2.75, 3.05) is 0 Å². The number of benzene rings is 13. The van der Waals surface area contributed by atoms with E-state index in [1.807, 2.05) is 84.1 Å². The molecule has 0 aliphatic rings. The van der Waals surface area contributed by atoms with Gasteiger partial charge in [-0.3, -0.25) is 0 Å². The molecule has 8 nitrogen and oxygen atoms in total. The molecule has 0 spiro atoms. The van der Waals surface area contributed by atoms with Gasteiger partial charge in [0, 0.05) is 112 Å². The third kappa shape index (κ3) is 8.52. The number of furan rings is 2. The topological polar surface area (TPSA) is 87.7 Å². The molecule has 21 aromatic rings. The lowest BCUT2D eigenvalue weighted by Crippen LogP contribution is -1.98. The van der Waals surface area contributed by atoms with Gasteiger partial charge >= 0.3 is 0 Å². The first kappa shape index (κ1) is 54.2. The lowest BCUT2D eigenvalue weighted by atomic mass is 9.99. The third-order valence-corrected chi connectivity index (χ3v) is 21.2. The second kappa shape index (κ2) is 21.6. The molecule has 0 amide bonds. The molecule has 0 bridgehead atoms. The van der Waals surface area contributed by atoms with Crippen LogP contribution in [0.25, 0.3) is 196 Å². The summed E-state index contributed by atoms with van der Waals surface area (Å²) in [4.78, 5) is 20.9. The average molecular weight is 1260 g/mol. The zero-order chi connectivity index (χ0) is 63.0. The highest BCUT2D eigenvalue weighted by Gasteiger charge is 2.25. The molecule has 8 heterocycles. The standard InChI is InChI=1S/C46H27N3OS.C40H23N3OS/c1-2-13-28(14-3-1)42-44-43(35-20-6-10-23-40(35)50-44)48-46(47-42)30-16-12-15-29(25-30)36-26-31(27-37-34-19-7-11-24-41(34)51-45(36)37)49-38-21-8-4-17-32(38)33-18-5-9-22-39(33)49;1-2-12-24(13-3-1)36-38-37(29-17-6-10-20-34(29)44-38)42-40(41-36)31-23-25(22-30-28-16-7-11-21-35(28)45-39(30)31)43-32-18-8-4-14-26(32)27-15-5-9-19-33(27)43/h1-27H;1-23H. The van der Waals surface area contributed by atoms with Gasteiger partial charge in [-0.05, 0) is 96.6 Å². The van der Waals surface area contributed by atoms with E-state index in [9.17, 15) is 0 Å². The summed E-state index contributed by atoms with van der Waals surface area (Å²) in [5.74, 6) is 1.35. The van der Waals surface area contributed by atoms with Crippen LogP contribution in [0.15, 0.2) is 312 Å². The second-order valence-corrected chi connectivity index (χ2v) is 26.4. The van der Waals surface area contributed by atoms with Gasteiger partial charge in [-0.1, -0.05) is 212 Å². The summed E-state index contributed by atoms with van der Waals surface area (Å²) in [5, 5.41) is 11.9. The summed E-state index contributed by atoms with van der Waals surface area (Å²) in [7, 11) is 0. The lowest BCUT2D eigenvalue weighted by molar-refractivity contribution is 0.667. The van der Waals surface area contributed by atoms with Gasteiger partial charge in [0.1, 0.15) is 33.6 Å². The van der Waals surface area contributed by atoms with Crippen LogP contribution in [0, 0.1) is 0 Å². The SMILES string of the molecule is c1ccc(-c2nc(-c3cc(-n4c5ccccc5c5ccccc54)cc4c3sc3ccccc34)nc3c2oc2ccccc23)cc1.c1ccc(-c2nc(-c3cccc(-c4cc(-n5c6ccccc6c6ccccc65)cc5c4sc4ccccc45)c3)nc3c2oc2ccccc23)cc1. The van der Waals surface area contributed by atoms with E-state index in [0.29, 0.717) is 22.8 Å². The minimum atomic E-state index is 0.667. The van der Waals surface area contributed by atoms with Crippen molar-refractivity contribution in [3.8, 4) is 67.8 Å².